The Kier molecular flexibility index (Phi) is 4.43. The van der Waals surface area contributed by atoms with Crippen molar-refractivity contribution in [2.24, 2.45) is 23.7 Å². The predicted octanol–water partition coefficient (Wildman–Crippen LogP) is 4.06. The fraction of sp³-hybridized carbons (Fsp3) is 0.269. The van der Waals surface area contributed by atoms with Crippen LogP contribution in [0.4, 0.5) is 11.4 Å². The van der Waals surface area contributed by atoms with Crippen molar-refractivity contribution in [1.29, 1.82) is 0 Å². The minimum Gasteiger partial charge on any atom is -0.316 e. The molecule has 0 radical (unpaired) electrons. The van der Waals surface area contributed by atoms with Gasteiger partial charge in [0.05, 0.1) is 17.5 Å². The van der Waals surface area contributed by atoms with Crippen molar-refractivity contribution in [2.45, 2.75) is 13.8 Å². The smallest absolute Gasteiger partial charge is 0.238 e. The lowest BCUT2D eigenvalue weighted by molar-refractivity contribution is -0.123. The third kappa shape index (κ3) is 2.80. The molecule has 0 aromatic heterocycles. The van der Waals surface area contributed by atoms with Crippen LogP contribution in [0.2, 0.25) is 0 Å². The molecular weight excluding hydrogens is 388 g/mol. The molecule has 1 heterocycles. The second-order valence-corrected chi connectivity index (χ2v) is 8.54. The van der Waals surface area contributed by atoms with Gasteiger partial charge in [0.15, 0.2) is 0 Å². The molecule has 2 bridgehead atoms. The van der Waals surface area contributed by atoms with Gasteiger partial charge in [-0.2, -0.15) is 0 Å². The molecule has 0 N–H and O–H groups in total. The SMILES string of the molecule is CC(=O)N(C)c1ccc(C(C)=C2[C@H]3C=C[C@@H]2[C@@H]2C(=O)N(c4ccccc4)C(=O)[C@@H]23)cc1. The molecule has 1 saturated carbocycles. The van der Waals surface area contributed by atoms with Gasteiger partial charge in [0.25, 0.3) is 0 Å². The number of carbonyl (C=O) groups excluding carboxylic acids is 3. The zero-order chi connectivity index (χ0) is 21.9. The Balaban J connectivity index is 1.48. The molecule has 5 nitrogen and oxygen atoms in total. The maximum absolute atomic E-state index is 13.3. The number of fused-ring (bicyclic) bond motifs is 5. The van der Waals surface area contributed by atoms with E-state index in [0.717, 1.165) is 16.8 Å². The third-order valence-electron chi connectivity index (χ3n) is 7.02. The van der Waals surface area contributed by atoms with Crippen LogP contribution in [0, 0.1) is 23.7 Å². The Morgan fingerprint density at radius 1 is 0.839 bits per heavy atom. The Morgan fingerprint density at radius 2 is 1.39 bits per heavy atom. The van der Waals surface area contributed by atoms with Gasteiger partial charge in [-0.3, -0.25) is 14.4 Å². The van der Waals surface area contributed by atoms with Gasteiger partial charge >= 0.3 is 0 Å². The summed E-state index contributed by atoms with van der Waals surface area (Å²) in [6.07, 6.45) is 4.20. The Bertz CT molecular complexity index is 1110. The number of allylic oxidation sites excluding steroid dienone is 4. The van der Waals surface area contributed by atoms with Crippen molar-refractivity contribution >= 4 is 34.7 Å². The zero-order valence-electron chi connectivity index (χ0n) is 17.8. The summed E-state index contributed by atoms with van der Waals surface area (Å²) in [5.74, 6) is -0.941. The molecule has 1 aliphatic heterocycles. The van der Waals surface area contributed by atoms with Crippen LogP contribution in [0.15, 0.2) is 72.3 Å². The standard InChI is InChI=1S/C26H24N2O3/c1-15(17-9-11-18(12-10-17)27(3)16(2)29)22-20-13-14-21(22)24-23(20)25(30)28(26(24)31)19-7-5-4-6-8-19/h4-14,20-21,23-24H,1-3H3/t20-,21+,23-,24+. The van der Waals surface area contributed by atoms with Crippen LogP contribution in [-0.4, -0.2) is 24.8 Å². The molecule has 31 heavy (non-hydrogen) atoms. The first-order chi connectivity index (χ1) is 14.9. The molecule has 2 fully saturated rings. The first kappa shape index (κ1) is 19.5. The van der Waals surface area contributed by atoms with Gasteiger partial charge in [0.2, 0.25) is 17.7 Å². The highest BCUT2D eigenvalue weighted by atomic mass is 16.2. The highest BCUT2D eigenvalue weighted by Crippen LogP contribution is 2.58. The lowest BCUT2D eigenvalue weighted by Crippen LogP contribution is -2.33. The minimum atomic E-state index is -0.323. The first-order valence-corrected chi connectivity index (χ1v) is 10.6. The summed E-state index contributed by atoms with van der Waals surface area (Å²) in [5.41, 5.74) is 4.82. The summed E-state index contributed by atoms with van der Waals surface area (Å²) < 4.78 is 0. The van der Waals surface area contributed by atoms with Gasteiger partial charge < -0.3 is 4.90 Å². The summed E-state index contributed by atoms with van der Waals surface area (Å²) in [6, 6.07) is 17.1. The zero-order valence-corrected chi connectivity index (χ0v) is 17.8. The van der Waals surface area contributed by atoms with Gasteiger partial charge in [-0.1, -0.05) is 48.1 Å². The number of para-hydroxylation sites is 1. The van der Waals surface area contributed by atoms with Crippen LogP contribution in [0.25, 0.3) is 5.57 Å². The molecule has 2 aromatic carbocycles. The van der Waals surface area contributed by atoms with E-state index >= 15 is 0 Å². The number of imide groups is 1. The van der Waals surface area contributed by atoms with E-state index in [-0.39, 0.29) is 41.4 Å². The van der Waals surface area contributed by atoms with Crippen LogP contribution < -0.4 is 9.80 Å². The van der Waals surface area contributed by atoms with E-state index in [1.54, 1.807) is 11.9 Å². The molecule has 2 aliphatic carbocycles. The average Bonchev–Trinajstić information content (AvgIpc) is 3.42. The van der Waals surface area contributed by atoms with E-state index in [4.69, 9.17) is 0 Å². The highest BCUT2D eigenvalue weighted by Gasteiger charge is 2.62. The number of anilines is 2. The first-order valence-electron chi connectivity index (χ1n) is 10.6. The topological polar surface area (TPSA) is 57.7 Å². The Labute approximate surface area is 181 Å². The van der Waals surface area contributed by atoms with Gasteiger partial charge in [-0.05, 0) is 42.3 Å². The van der Waals surface area contributed by atoms with Crippen molar-refractivity contribution in [2.75, 3.05) is 16.8 Å². The van der Waals surface area contributed by atoms with E-state index in [1.807, 2.05) is 54.6 Å². The Hall–Kier alpha value is -3.47. The largest absolute Gasteiger partial charge is 0.316 e. The number of hydrogen-bond acceptors (Lipinski definition) is 3. The number of benzene rings is 2. The fourth-order valence-corrected chi connectivity index (χ4v) is 5.38. The molecule has 0 unspecified atom stereocenters. The molecule has 5 rings (SSSR count). The summed E-state index contributed by atoms with van der Waals surface area (Å²) in [7, 11) is 1.75. The molecule has 1 saturated heterocycles. The van der Waals surface area contributed by atoms with Crippen LogP contribution in [0.3, 0.4) is 0 Å². The van der Waals surface area contributed by atoms with E-state index in [0.29, 0.717) is 5.69 Å². The van der Waals surface area contributed by atoms with E-state index in [2.05, 4.69) is 19.1 Å². The van der Waals surface area contributed by atoms with E-state index in [1.165, 1.54) is 17.4 Å². The maximum Gasteiger partial charge on any atom is 0.238 e. The second-order valence-electron chi connectivity index (χ2n) is 8.54. The lowest BCUT2D eigenvalue weighted by Gasteiger charge is -2.20. The number of nitrogens with zero attached hydrogens (tertiary/aromatic N) is 2. The van der Waals surface area contributed by atoms with Gasteiger partial charge in [0, 0.05) is 31.5 Å². The highest BCUT2D eigenvalue weighted by molar-refractivity contribution is 6.23. The quantitative estimate of drug-likeness (QED) is 0.564. The van der Waals surface area contributed by atoms with Crippen molar-refractivity contribution in [3.8, 4) is 0 Å². The molecule has 3 aliphatic rings. The van der Waals surface area contributed by atoms with Gasteiger partial charge in [-0.25, -0.2) is 4.90 Å². The van der Waals surface area contributed by atoms with Crippen molar-refractivity contribution < 1.29 is 14.4 Å². The normalized spacial score (nSPS) is 27.6. The number of rotatable bonds is 3. The molecule has 5 heteroatoms. The molecule has 2 aromatic rings. The fourth-order valence-electron chi connectivity index (χ4n) is 5.38. The molecule has 156 valence electrons. The van der Waals surface area contributed by atoms with E-state index in [9.17, 15) is 14.4 Å². The molecule has 0 spiro atoms. The van der Waals surface area contributed by atoms with Gasteiger partial charge in [0.1, 0.15) is 0 Å². The number of hydrogen-bond donors (Lipinski definition) is 0. The van der Waals surface area contributed by atoms with E-state index < -0.39 is 0 Å². The average molecular weight is 412 g/mol. The maximum atomic E-state index is 13.3. The summed E-state index contributed by atoms with van der Waals surface area (Å²) in [4.78, 5) is 41.2. The van der Waals surface area contributed by atoms with Gasteiger partial charge in [-0.15, -0.1) is 0 Å². The molecule has 3 amide bonds. The van der Waals surface area contributed by atoms with Crippen LogP contribution >= 0.6 is 0 Å². The van der Waals surface area contributed by atoms with Crippen molar-refractivity contribution in [3.63, 3.8) is 0 Å². The predicted molar refractivity (Wildman–Crippen MR) is 120 cm³/mol. The van der Waals surface area contributed by atoms with Crippen LogP contribution in [-0.2, 0) is 14.4 Å². The monoisotopic (exact) mass is 412 g/mol. The van der Waals surface area contributed by atoms with Crippen molar-refractivity contribution in [3.05, 3.63) is 77.9 Å². The lowest BCUT2D eigenvalue weighted by atomic mass is 9.85. The third-order valence-corrected chi connectivity index (χ3v) is 7.02. The number of amides is 3. The van der Waals surface area contributed by atoms with Crippen LogP contribution in [0.1, 0.15) is 19.4 Å². The second kappa shape index (κ2) is 7.05. The summed E-state index contributed by atoms with van der Waals surface area (Å²) >= 11 is 0. The summed E-state index contributed by atoms with van der Waals surface area (Å²) in [5, 5.41) is 0. The minimum absolute atomic E-state index is 0.0197. The number of carbonyl (C=O) groups is 3. The molecule has 4 atom stereocenters. The molecular formula is C26H24N2O3. The summed E-state index contributed by atoms with van der Waals surface area (Å²) in [6.45, 7) is 3.60. The van der Waals surface area contributed by atoms with Crippen LogP contribution in [0.5, 0.6) is 0 Å². The van der Waals surface area contributed by atoms with Crippen molar-refractivity contribution in [1.82, 2.24) is 0 Å². The Morgan fingerprint density at radius 3 is 1.90 bits per heavy atom.